The van der Waals surface area contributed by atoms with Gasteiger partial charge in [0.25, 0.3) is 0 Å². The first kappa shape index (κ1) is 25.9. The number of anilines is 3. The van der Waals surface area contributed by atoms with Gasteiger partial charge in [-0.05, 0) is 50.9 Å². The van der Waals surface area contributed by atoms with Crippen LogP contribution in [0.25, 0.3) is 0 Å². The number of unbranched alkanes of at least 4 members (excludes halogenated alkanes) is 1. The minimum atomic E-state index is -0.530. The lowest BCUT2D eigenvalue weighted by Crippen LogP contribution is -2.44. The number of halogens is 3. The summed E-state index contributed by atoms with van der Waals surface area (Å²) in [5, 5.41) is 15.6. The van der Waals surface area contributed by atoms with E-state index in [2.05, 4.69) is 33.5 Å². The number of nitrogens with one attached hydrogen (secondary N) is 2. The topological polar surface area (TPSA) is 76.9 Å². The molecule has 1 fully saturated rings. The van der Waals surface area contributed by atoms with Crippen molar-refractivity contribution in [2.75, 3.05) is 30.4 Å². The first-order chi connectivity index (χ1) is 13.6. The van der Waals surface area contributed by atoms with Crippen molar-refractivity contribution in [1.29, 1.82) is 5.26 Å². The standard InChI is InChI=1S/C21H27FN6.2ClH/c1-3-4-6-16-12-20(28-10-5-7-18(14-28)24-2)27-21(25-16)26-17-8-9-19(22)15(11-17)13-23;;/h8-9,11-12,18,24H,3-7,10,14H2,1-2H3,(H,25,26,27);2*1H/t18-;;/m1../s1. The van der Waals surface area contributed by atoms with Gasteiger partial charge in [0.15, 0.2) is 0 Å². The number of aryl methyl sites for hydroxylation is 1. The Morgan fingerprint density at radius 1 is 1.27 bits per heavy atom. The Morgan fingerprint density at radius 3 is 2.77 bits per heavy atom. The normalized spacial score (nSPS) is 15.5. The Kier molecular flexibility index (Phi) is 10.8. The highest BCUT2D eigenvalue weighted by Gasteiger charge is 2.21. The average molecular weight is 455 g/mol. The fourth-order valence-corrected chi connectivity index (χ4v) is 3.43. The van der Waals surface area contributed by atoms with Gasteiger partial charge in [-0.2, -0.15) is 10.2 Å². The van der Waals surface area contributed by atoms with Crippen LogP contribution < -0.4 is 15.5 Å². The van der Waals surface area contributed by atoms with Gasteiger partial charge < -0.3 is 15.5 Å². The zero-order valence-corrected chi connectivity index (χ0v) is 19.0. The molecule has 2 heterocycles. The zero-order valence-electron chi connectivity index (χ0n) is 17.3. The van der Waals surface area contributed by atoms with Crippen molar-refractivity contribution in [3.05, 3.63) is 41.3 Å². The van der Waals surface area contributed by atoms with Gasteiger partial charge >= 0.3 is 0 Å². The predicted molar refractivity (Wildman–Crippen MR) is 124 cm³/mol. The van der Waals surface area contributed by atoms with Crippen molar-refractivity contribution in [2.24, 2.45) is 0 Å². The number of nitriles is 1. The quantitative estimate of drug-likeness (QED) is 0.635. The van der Waals surface area contributed by atoms with E-state index < -0.39 is 5.82 Å². The molecule has 0 spiro atoms. The van der Waals surface area contributed by atoms with Crippen LogP contribution in [0.1, 0.15) is 43.9 Å². The maximum Gasteiger partial charge on any atom is 0.229 e. The second-order valence-electron chi connectivity index (χ2n) is 7.15. The van der Waals surface area contributed by atoms with E-state index in [1.165, 1.54) is 18.6 Å². The molecule has 2 aromatic rings. The molecule has 30 heavy (non-hydrogen) atoms. The van der Waals surface area contributed by atoms with Crippen LogP contribution in [0, 0.1) is 17.1 Å². The van der Waals surface area contributed by atoms with E-state index in [0.29, 0.717) is 17.7 Å². The van der Waals surface area contributed by atoms with Gasteiger partial charge in [-0.1, -0.05) is 13.3 Å². The van der Waals surface area contributed by atoms with Crippen LogP contribution in [-0.2, 0) is 6.42 Å². The highest BCUT2D eigenvalue weighted by molar-refractivity contribution is 5.85. The molecule has 9 heteroatoms. The van der Waals surface area contributed by atoms with E-state index in [-0.39, 0.29) is 30.4 Å². The molecule has 0 radical (unpaired) electrons. The fourth-order valence-electron chi connectivity index (χ4n) is 3.43. The smallest absolute Gasteiger partial charge is 0.229 e. The van der Waals surface area contributed by atoms with E-state index in [1.807, 2.05) is 13.1 Å². The maximum absolute atomic E-state index is 13.6. The van der Waals surface area contributed by atoms with Crippen LogP contribution in [-0.4, -0.2) is 36.1 Å². The number of likely N-dealkylation sites (N-methyl/N-ethyl adjacent to an activating group) is 1. The van der Waals surface area contributed by atoms with Crippen LogP contribution in [0.4, 0.5) is 21.8 Å². The maximum atomic E-state index is 13.6. The van der Waals surface area contributed by atoms with Crippen LogP contribution in [0.3, 0.4) is 0 Å². The molecular weight excluding hydrogens is 426 g/mol. The first-order valence-corrected chi connectivity index (χ1v) is 9.89. The molecule has 0 bridgehead atoms. The third-order valence-electron chi connectivity index (χ3n) is 5.05. The Bertz CT molecular complexity index is 858. The molecular formula is C21H29Cl2FN6. The summed E-state index contributed by atoms with van der Waals surface area (Å²) in [6, 6.07) is 8.75. The number of aromatic nitrogens is 2. The second-order valence-corrected chi connectivity index (χ2v) is 7.15. The van der Waals surface area contributed by atoms with Crippen LogP contribution in [0.2, 0.25) is 0 Å². The van der Waals surface area contributed by atoms with Crippen molar-refractivity contribution < 1.29 is 4.39 Å². The zero-order chi connectivity index (χ0) is 19.9. The average Bonchev–Trinajstić information content (AvgIpc) is 2.73. The number of hydrogen-bond donors (Lipinski definition) is 2. The van der Waals surface area contributed by atoms with E-state index in [4.69, 9.17) is 10.2 Å². The first-order valence-electron chi connectivity index (χ1n) is 9.89. The number of rotatable bonds is 7. The molecule has 1 aliphatic rings. The lowest BCUT2D eigenvalue weighted by atomic mass is 10.1. The molecule has 1 aliphatic heterocycles. The summed E-state index contributed by atoms with van der Waals surface area (Å²) in [5.41, 5.74) is 1.59. The molecule has 0 amide bonds. The fraction of sp³-hybridized carbons (Fsp3) is 0.476. The molecule has 3 rings (SSSR count). The van der Waals surface area contributed by atoms with Crippen molar-refractivity contribution in [3.8, 4) is 6.07 Å². The largest absolute Gasteiger partial charge is 0.355 e. The predicted octanol–water partition coefficient (Wildman–Crippen LogP) is 4.61. The van der Waals surface area contributed by atoms with Crippen molar-refractivity contribution >= 4 is 42.3 Å². The molecule has 0 aliphatic carbocycles. The molecule has 6 nitrogen and oxygen atoms in total. The van der Waals surface area contributed by atoms with Gasteiger partial charge in [0, 0.05) is 36.6 Å². The number of nitrogens with zero attached hydrogens (tertiary/aromatic N) is 4. The molecule has 0 unspecified atom stereocenters. The van der Waals surface area contributed by atoms with Gasteiger partial charge in [0.2, 0.25) is 5.95 Å². The number of piperidine rings is 1. The van der Waals surface area contributed by atoms with Crippen molar-refractivity contribution in [1.82, 2.24) is 15.3 Å². The third-order valence-corrected chi connectivity index (χ3v) is 5.05. The molecule has 1 atom stereocenters. The Labute approximate surface area is 190 Å². The Balaban J connectivity index is 0.00000225. The van der Waals surface area contributed by atoms with Crippen LogP contribution in [0.15, 0.2) is 24.3 Å². The third kappa shape index (κ3) is 6.69. The number of hydrogen-bond acceptors (Lipinski definition) is 6. The van der Waals surface area contributed by atoms with E-state index in [0.717, 1.165) is 50.3 Å². The van der Waals surface area contributed by atoms with Gasteiger partial charge in [-0.15, -0.1) is 24.8 Å². The molecule has 2 N–H and O–H groups in total. The summed E-state index contributed by atoms with van der Waals surface area (Å²) in [4.78, 5) is 11.6. The minimum absolute atomic E-state index is 0. The summed E-state index contributed by atoms with van der Waals surface area (Å²) in [7, 11) is 2.00. The summed E-state index contributed by atoms with van der Waals surface area (Å²) in [5.74, 6) is 0.856. The second kappa shape index (κ2) is 12.5. The van der Waals surface area contributed by atoms with Gasteiger partial charge in [-0.25, -0.2) is 9.37 Å². The number of benzene rings is 1. The van der Waals surface area contributed by atoms with E-state index in [9.17, 15) is 4.39 Å². The van der Waals surface area contributed by atoms with E-state index in [1.54, 1.807) is 6.07 Å². The van der Waals surface area contributed by atoms with Gasteiger partial charge in [-0.3, -0.25) is 0 Å². The lowest BCUT2D eigenvalue weighted by Gasteiger charge is -2.33. The van der Waals surface area contributed by atoms with Crippen molar-refractivity contribution in [2.45, 2.75) is 45.1 Å². The molecule has 0 saturated carbocycles. The van der Waals surface area contributed by atoms with Crippen molar-refractivity contribution in [3.63, 3.8) is 0 Å². The van der Waals surface area contributed by atoms with Crippen LogP contribution >= 0.6 is 24.8 Å². The lowest BCUT2D eigenvalue weighted by molar-refractivity contribution is 0.447. The van der Waals surface area contributed by atoms with Crippen LogP contribution in [0.5, 0.6) is 0 Å². The summed E-state index contributed by atoms with van der Waals surface area (Å²) < 4.78 is 13.6. The molecule has 1 aromatic carbocycles. The van der Waals surface area contributed by atoms with E-state index >= 15 is 0 Å². The Hall–Kier alpha value is -2.14. The Morgan fingerprint density at radius 2 is 2.07 bits per heavy atom. The monoisotopic (exact) mass is 454 g/mol. The summed E-state index contributed by atoms with van der Waals surface area (Å²) >= 11 is 0. The SMILES string of the molecule is CCCCc1cc(N2CCC[C@@H](NC)C2)nc(Nc2ccc(F)c(C#N)c2)n1.Cl.Cl. The highest BCUT2D eigenvalue weighted by atomic mass is 35.5. The molecule has 1 aromatic heterocycles. The minimum Gasteiger partial charge on any atom is -0.355 e. The molecule has 1 saturated heterocycles. The highest BCUT2D eigenvalue weighted by Crippen LogP contribution is 2.23. The summed E-state index contributed by atoms with van der Waals surface area (Å²) in [6.45, 7) is 4.04. The summed E-state index contributed by atoms with van der Waals surface area (Å²) in [6.07, 6.45) is 5.32. The molecule has 164 valence electrons. The van der Waals surface area contributed by atoms with Gasteiger partial charge in [0.05, 0.1) is 5.56 Å². The van der Waals surface area contributed by atoms with Gasteiger partial charge in [0.1, 0.15) is 17.7 Å².